The van der Waals surface area contributed by atoms with E-state index in [-0.39, 0.29) is 12.3 Å². The van der Waals surface area contributed by atoms with Crippen LogP contribution < -0.4 is 5.32 Å². The van der Waals surface area contributed by atoms with E-state index in [1.807, 2.05) is 0 Å². The number of aliphatic hydroxyl groups excluding tert-OH is 1. The second-order valence-electron chi connectivity index (χ2n) is 7.88. The Bertz CT molecular complexity index is 401. The quantitative estimate of drug-likeness (QED) is 0.182. The summed E-state index contributed by atoms with van der Waals surface area (Å²) in [5.74, 6) is -0.307. The number of nitrogens with one attached hydrogen (secondary N) is 1. The van der Waals surface area contributed by atoms with E-state index < -0.39 is 16.2 Å². The number of unbranched alkanes of at least 4 members (excludes halogenated alkanes) is 14. The summed E-state index contributed by atoms with van der Waals surface area (Å²) in [6.07, 6.45) is 20.3. The van der Waals surface area contributed by atoms with Crippen LogP contribution in [-0.4, -0.2) is 43.0 Å². The first-order valence-corrected chi connectivity index (χ1v) is 12.9. The van der Waals surface area contributed by atoms with Gasteiger partial charge in [-0.1, -0.05) is 103 Å². The van der Waals surface area contributed by atoms with Gasteiger partial charge in [-0.05, 0) is 6.42 Å². The van der Waals surface area contributed by atoms with E-state index in [0.29, 0.717) is 6.54 Å². The number of hydrogen-bond acceptors (Lipinski definition) is 4. The standard InChI is InChI=1S/C21H45NO4S/c1-2-3-4-5-6-7-8-9-10-11-12-13-14-15-16-17-21(23)20-22-18-19-27(24,25)26/h21-23H,2-20H2,1H3,(H,24,25,26). The Morgan fingerprint density at radius 3 is 1.56 bits per heavy atom. The maximum absolute atomic E-state index is 10.6. The SMILES string of the molecule is CCCCCCCCCCCCCCCCCC(O)CNCCS(=O)(=O)O. The van der Waals surface area contributed by atoms with Crippen LogP contribution in [0.4, 0.5) is 0 Å². The highest BCUT2D eigenvalue weighted by molar-refractivity contribution is 7.85. The molecule has 0 fully saturated rings. The van der Waals surface area contributed by atoms with E-state index in [4.69, 9.17) is 4.55 Å². The molecule has 0 saturated carbocycles. The molecule has 5 nitrogen and oxygen atoms in total. The molecule has 27 heavy (non-hydrogen) atoms. The van der Waals surface area contributed by atoms with Crippen LogP contribution in [0.15, 0.2) is 0 Å². The second-order valence-corrected chi connectivity index (χ2v) is 9.45. The van der Waals surface area contributed by atoms with Gasteiger partial charge in [-0.2, -0.15) is 8.42 Å². The predicted molar refractivity (Wildman–Crippen MR) is 115 cm³/mol. The molecule has 164 valence electrons. The number of hydrogen-bond donors (Lipinski definition) is 3. The Morgan fingerprint density at radius 2 is 1.15 bits per heavy atom. The van der Waals surface area contributed by atoms with Crippen molar-refractivity contribution in [2.75, 3.05) is 18.8 Å². The van der Waals surface area contributed by atoms with Crippen LogP contribution in [0.1, 0.15) is 110 Å². The third-order valence-corrected chi connectivity index (χ3v) is 5.78. The topological polar surface area (TPSA) is 86.6 Å². The first-order valence-electron chi connectivity index (χ1n) is 11.3. The highest BCUT2D eigenvalue weighted by Crippen LogP contribution is 2.14. The van der Waals surface area contributed by atoms with Gasteiger partial charge in [0.15, 0.2) is 0 Å². The summed E-state index contributed by atoms with van der Waals surface area (Å²) < 4.78 is 29.7. The zero-order chi connectivity index (χ0) is 20.2. The zero-order valence-electron chi connectivity index (χ0n) is 17.6. The zero-order valence-corrected chi connectivity index (χ0v) is 18.4. The fraction of sp³-hybridized carbons (Fsp3) is 1.00. The Kier molecular flexibility index (Phi) is 19.0. The van der Waals surface area contributed by atoms with Crippen LogP contribution in [0.3, 0.4) is 0 Å². The largest absolute Gasteiger partial charge is 0.392 e. The molecular weight excluding hydrogens is 362 g/mol. The summed E-state index contributed by atoms with van der Waals surface area (Å²) in [7, 11) is -3.91. The smallest absolute Gasteiger partial charge is 0.266 e. The van der Waals surface area contributed by atoms with Gasteiger partial charge >= 0.3 is 0 Å². The maximum atomic E-state index is 10.6. The first-order chi connectivity index (χ1) is 13.0. The van der Waals surface area contributed by atoms with Crippen molar-refractivity contribution in [3.63, 3.8) is 0 Å². The number of rotatable bonds is 21. The van der Waals surface area contributed by atoms with Crippen LogP contribution in [0.25, 0.3) is 0 Å². The van der Waals surface area contributed by atoms with Crippen molar-refractivity contribution >= 4 is 10.1 Å². The minimum absolute atomic E-state index is 0.175. The Balaban J connectivity index is 3.17. The molecule has 0 saturated heterocycles. The van der Waals surface area contributed by atoms with Crippen LogP contribution in [-0.2, 0) is 10.1 Å². The van der Waals surface area contributed by atoms with Crippen molar-refractivity contribution in [2.45, 2.75) is 116 Å². The molecule has 0 heterocycles. The van der Waals surface area contributed by atoms with Crippen molar-refractivity contribution in [2.24, 2.45) is 0 Å². The predicted octanol–water partition coefficient (Wildman–Crippen LogP) is 5.09. The van der Waals surface area contributed by atoms with Gasteiger partial charge in [0.1, 0.15) is 0 Å². The molecule has 0 aliphatic rings. The van der Waals surface area contributed by atoms with Crippen molar-refractivity contribution in [3.05, 3.63) is 0 Å². The van der Waals surface area contributed by atoms with E-state index in [1.165, 1.54) is 83.5 Å². The molecule has 0 rings (SSSR count). The van der Waals surface area contributed by atoms with Crippen LogP contribution in [0.2, 0.25) is 0 Å². The van der Waals surface area contributed by atoms with Crippen LogP contribution >= 0.6 is 0 Å². The third-order valence-electron chi connectivity index (χ3n) is 5.06. The van der Waals surface area contributed by atoms with Gasteiger partial charge in [0.25, 0.3) is 10.1 Å². The molecule has 0 amide bonds. The summed E-state index contributed by atoms with van der Waals surface area (Å²) >= 11 is 0. The lowest BCUT2D eigenvalue weighted by Gasteiger charge is -2.11. The van der Waals surface area contributed by atoms with Gasteiger partial charge < -0.3 is 10.4 Å². The summed E-state index contributed by atoms with van der Waals surface area (Å²) in [6.45, 7) is 2.82. The Morgan fingerprint density at radius 1 is 0.741 bits per heavy atom. The highest BCUT2D eigenvalue weighted by atomic mass is 32.2. The van der Waals surface area contributed by atoms with Gasteiger partial charge in [-0.15, -0.1) is 0 Å². The summed E-state index contributed by atoms with van der Waals surface area (Å²) in [5, 5.41) is 12.7. The van der Waals surface area contributed by atoms with E-state index in [0.717, 1.165) is 19.3 Å². The molecule has 0 radical (unpaired) electrons. The second kappa shape index (κ2) is 19.2. The van der Waals surface area contributed by atoms with Crippen molar-refractivity contribution in [1.82, 2.24) is 5.32 Å². The molecule has 3 N–H and O–H groups in total. The van der Waals surface area contributed by atoms with Crippen molar-refractivity contribution in [3.8, 4) is 0 Å². The van der Waals surface area contributed by atoms with E-state index in [9.17, 15) is 13.5 Å². The summed E-state index contributed by atoms with van der Waals surface area (Å²) in [5.41, 5.74) is 0. The molecular formula is C21H45NO4S. The first kappa shape index (κ1) is 26.8. The normalized spacial score (nSPS) is 13.1. The van der Waals surface area contributed by atoms with Crippen molar-refractivity contribution in [1.29, 1.82) is 0 Å². The van der Waals surface area contributed by atoms with Gasteiger partial charge in [-0.25, -0.2) is 0 Å². The Labute approximate surface area is 168 Å². The Hall–Kier alpha value is -0.170. The van der Waals surface area contributed by atoms with E-state index in [1.54, 1.807) is 0 Å². The summed E-state index contributed by atoms with van der Waals surface area (Å²) in [6, 6.07) is 0. The third kappa shape index (κ3) is 23.8. The van der Waals surface area contributed by atoms with Gasteiger partial charge in [0, 0.05) is 13.1 Å². The molecule has 0 aromatic rings. The molecule has 0 aliphatic heterocycles. The molecule has 0 aromatic carbocycles. The molecule has 0 bridgehead atoms. The minimum Gasteiger partial charge on any atom is -0.392 e. The highest BCUT2D eigenvalue weighted by Gasteiger charge is 2.06. The van der Waals surface area contributed by atoms with E-state index in [2.05, 4.69) is 12.2 Å². The van der Waals surface area contributed by atoms with Crippen LogP contribution in [0.5, 0.6) is 0 Å². The molecule has 6 heteroatoms. The van der Waals surface area contributed by atoms with Crippen molar-refractivity contribution < 1.29 is 18.1 Å². The average Bonchev–Trinajstić information content (AvgIpc) is 2.61. The van der Waals surface area contributed by atoms with Crippen LogP contribution in [0, 0.1) is 0 Å². The average molecular weight is 408 g/mol. The molecule has 0 aliphatic carbocycles. The van der Waals surface area contributed by atoms with Gasteiger partial charge in [0.05, 0.1) is 11.9 Å². The lowest BCUT2D eigenvalue weighted by molar-refractivity contribution is 0.158. The molecule has 0 spiro atoms. The van der Waals surface area contributed by atoms with Gasteiger partial charge in [0.2, 0.25) is 0 Å². The minimum atomic E-state index is -3.91. The molecule has 0 aromatic heterocycles. The van der Waals surface area contributed by atoms with Gasteiger partial charge in [-0.3, -0.25) is 4.55 Å². The molecule has 1 unspecified atom stereocenters. The molecule has 1 atom stereocenters. The lowest BCUT2D eigenvalue weighted by atomic mass is 10.0. The maximum Gasteiger partial charge on any atom is 0.266 e. The number of aliphatic hydroxyl groups is 1. The fourth-order valence-corrected chi connectivity index (χ4v) is 3.73. The lowest BCUT2D eigenvalue weighted by Crippen LogP contribution is -2.30. The fourth-order valence-electron chi connectivity index (χ4n) is 3.32. The van der Waals surface area contributed by atoms with E-state index >= 15 is 0 Å². The summed E-state index contributed by atoms with van der Waals surface area (Å²) in [4.78, 5) is 0. The monoisotopic (exact) mass is 407 g/mol.